The summed E-state index contributed by atoms with van der Waals surface area (Å²) in [5.74, 6) is -0.173. The van der Waals surface area contributed by atoms with Crippen LogP contribution in [0.3, 0.4) is 0 Å². The van der Waals surface area contributed by atoms with Crippen molar-refractivity contribution in [3.63, 3.8) is 0 Å². The van der Waals surface area contributed by atoms with E-state index in [4.69, 9.17) is 11.1 Å². The van der Waals surface area contributed by atoms with Crippen molar-refractivity contribution < 1.29 is 4.79 Å². The van der Waals surface area contributed by atoms with Gasteiger partial charge in [-0.25, -0.2) is 4.31 Å². The summed E-state index contributed by atoms with van der Waals surface area (Å²) >= 11 is 1.59. The van der Waals surface area contributed by atoms with Gasteiger partial charge in [0.2, 0.25) is 0 Å². The SMILES string of the molecule is Cc1c(SN2CCC(N)=C(C=N)C2)cc(C(=O)NCc2cccc3ccc(=O)n(C)c23)n1C. The fraction of sp³-hybridized carbons (Fsp3) is 0.292. The summed E-state index contributed by atoms with van der Waals surface area (Å²) in [5, 5.41) is 11.5. The topological polar surface area (TPSA) is 109 Å². The molecule has 0 atom stereocenters. The maximum absolute atomic E-state index is 13.0. The summed E-state index contributed by atoms with van der Waals surface area (Å²) in [5.41, 5.74) is 10.8. The number of nitrogens with two attached hydrogens (primary N) is 1. The quantitative estimate of drug-likeness (QED) is 0.384. The third kappa shape index (κ3) is 4.46. The normalized spacial score (nSPS) is 14.6. The molecule has 2 aromatic heterocycles. The zero-order chi connectivity index (χ0) is 23.7. The second-order valence-corrected chi connectivity index (χ2v) is 9.34. The molecule has 1 aromatic carbocycles. The number of aryl methyl sites for hydroxylation is 1. The van der Waals surface area contributed by atoms with Gasteiger partial charge < -0.3 is 25.6 Å². The van der Waals surface area contributed by atoms with Crippen LogP contribution in [0.15, 0.2) is 57.4 Å². The van der Waals surface area contributed by atoms with Crippen molar-refractivity contribution in [2.24, 2.45) is 19.8 Å². The van der Waals surface area contributed by atoms with Gasteiger partial charge in [-0.2, -0.15) is 0 Å². The molecule has 4 rings (SSSR count). The number of nitrogens with zero attached hydrogens (tertiary/aromatic N) is 3. The van der Waals surface area contributed by atoms with E-state index in [0.717, 1.165) is 51.3 Å². The molecule has 1 aliphatic rings. The molecule has 9 heteroatoms. The van der Waals surface area contributed by atoms with Crippen molar-refractivity contribution in [2.45, 2.75) is 24.8 Å². The van der Waals surface area contributed by atoms with Crippen molar-refractivity contribution in [3.8, 4) is 0 Å². The van der Waals surface area contributed by atoms with Crippen LogP contribution in [-0.4, -0.2) is 38.7 Å². The highest BCUT2D eigenvalue weighted by Gasteiger charge is 2.21. The zero-order valence-corrected chi connectivity index (χ0v) is 19.8. The lowest BCUT2D eigenvalue weighted by Gasteiger charge is -2.26. The zero-order valence-electron chi connectivity index (χ0n) is 19.0. The Hall–Kier alpha value is -3.30. The summed E-state index contributed by atoms with van der Waals surface area (Å²) in [6, 6.07) is 11.1. The highest BCUT2D eigenvalue weighted by atomic mass is 32.2. The van der Waals surface area contributed by atoms with Crippen LogP contribution in [0, 0.1) is 12.3 Å². The first-order valence-corrected chi connectivity index (χ1v) is 11.5. The molecule has 0 saturated carbocycles. The lowest BCUT2D eigenvalue weighted by Crippen LogP contribution is -2.29. The molecule has 3 aromatic rings. The summed E-state index contributed by atoms with van der Waals surface area (Å²) in [7, 11) is 3.63. The van der Waals surface area contributed by atoms with Gasteiger partial charge in [0.25, 0.3) is 11.5 Å². The molecule has 1 aliphatic heterocycles. The number of fused-ring (bicyclic) bond motifs is 1. The monoisotopic (exact) mass is 464 g/mol. The number of hydrogen-bond acceptors (Lipinski definition) is 6. The van der Waals surface area contributed by atoms with E-state index in [1.165, 1.54) is 6.21 Å². The van der Waals surface area contributed by atoms with Crippen molar-refractivity contribution in [1.82, 2.24) is 18.8 Å². The minimum Gasteiger partial charge on any atom is -0.402 e. The first-order chi connectivity index (χ1) is 15.8. The molecular formula is C24H28N6O2S. The number of rotatable bonds is 6. The number of nitrogens with one attached hydrogen (secondary N) is 2. The average molecular weight is 465 g/mol. The lowest BCUT2D eigenvalue weighted by molar-refractivity contribution is 0.0942. The Labute approximate surface area is 196 Å². The van der Waals surface area contributed by atoms with Gasteiger partial charge in [0.15, 0.2) is 0 Å². The van der Waals surface area contributed by atoms with Crippen LogP contribution < -0.4 is 16.6 Å². The van der Waals surface area contributed by atoms with E-state index in [-0.39, 0.29) is 11.5 Å². The molecule has 0 aliphatic carbocycles. The van der Waals surface area contributed by atoms with Crippen molar-refractivity contribution in [1.29, 1.82) is 5.41 Å². The molecule has 172 valence electrons. The lowest BCUT2D eigenvalue weighted by atomic mass is 10.1. The third-order valence-corrected chi connectivity index (χ3v) is 7.35. The summed E-state index contributed by atoms with van der Waals surface area (Å²) in [6.07, 6.45) is 2.05. The third-order valence-electron chi connectivity index (χ3n) is 6.17. The van der Waals surface area contributed by atoms with Crippen LogP contribution in [0.1, 0.15) is 28.2 Å². The van der Waals surface area contributed by atoms with Crippen molar-refractivity contribution >= 4 is 35.0 Å². The van der Waals surface area contributed by atoms with E-state index in [2.05, 4.69) is 9.62 Å². The van der Waals surface area contributed by atoms with E-state index in [1.54, 1.807) is 35.7 Å². The minimum atomic E-state index is -0.173. The van der Waals surface area contributed by atoms with Crippen LogP contribution in [0.5, 0.6) is 0 Å². The molecule has 33 heavy (non-hydrogen) atoms. The highest BCUT2D eigenvalue weighted by molar-refractivity contribution is 7.97. The Kier molecular flexibility index (Phi) is 6.44. The van der Waals surface area contributed by atoms with E-state index < -0.39 is 0 Å². The standard InChI is InChI=1S/C24H28N6O2S/c1-15-21(33-30-10-9-19(26)18(12-25)14-30)11-20(28(15)2)24(32)27-13-17-6-4-5-16-7-8-22(31)29(3)23(16)17/h4-8,11-12,25H,9-10,13-14,26H2,1-3H3,(H,27,32). The predicted molar refractivity (Wildman–Crippen MR) is 133 cm³/mol. The molecule has 1 amide bonds. The Balaban J connectivity index is 1.51. The smallest absolute Gasteiger partial charge is 0.268 e. The highest BCUT2D eigenvalue weighted by Crippen LogP contribution is 2.31. The molecular weight excluding hydrogens is 436 g/mol. The number of amides is 1. The molecule has 0 bridgehead atoms. The fourth-order valence-corrected chi connectivity index (χ4v) is 5.16. The van der Waals surface area contributed by atoms with Gasteiger partial charge in [-0.05, 0) is 42.0 Å². The van der Waals surface area contributed by atoms with Crippen LogP contribution in [0.2, 0.25) is 0 Å². The maximum atomic E-state index is 13.0. The van der Waals surface area contributed by atoms with Gasteiger partial charge in [-0.15, -0.1) is 0 Å². The Morgan fingerprint density at radius 2 is 2.03 bits per heavy atom. The van der Waals surface area contributed by atoms with Crippen LogP contribution >= 0.6 is 11.9 Å². The van der Waals surface area contributed by atoms with Gasteiger partial charge in [0.05, 0.1) is 5.52 Å². The number of hydrogen-bond donors (Lipinski definition) is 3. The van der Waals surface area contributed by atoms with Gasteiger partial charge in [-0.1, -0.05) is 18.2 Å². The first kappa shape index (κ1) is 22.9. The van der Waals surface area contributed by atoms with E-state index in [0.29, 0.717) is 18.8 Å². The Bertz CT molecular complexity index is 1340. The molecule has 0 radical (unpaired) electrons. The van der Waals surface area contributed by atoms with Gasteiger partial charge in [-0.3, -0.25) is 9.59 Å². The van der Waals surface area contributed by atoms with Crippen molar-refractivity contribution in [2.75, 3.05) is 13.1 Å². The Morgan fingerprint density at radius 1 is 1.24 bits per heavy atom. The number of aromatic nitrogens is 2. The van der Waals surface area contributed by atoms with E-state index in [9.17, 15) is 9.59 Å². The summed E-state index contributed by atoms with van der Waals surface area (Å²) in [4.78, 5) is 26.1. The number of carbonyl (C=O) groups is 1. The Morgan fingerprint density at radius 3 is 2.79 bits per heavy atom. The van der Waals surface area contributed by atoms with E-state index >= 15 is 0 Å². The van der Waals surface area contributed by atoms with Gasteiger partial charge >= 0.3 is 0 Å². The largest absolute Gasteiger partial charge is 0.402 e. The van der Waals surface area contributed by atoms with Gasteiger partial charge in [0.1, 0.15) is 5.69 Å². The van der Waals surface area contributed by atoms with Gasteiger partial charge in [0, 0.05) is 74.3 Å². The maximum Gasteiger partial charge on any atom is 0.268 e. The van der Waals surface area contributed by atoms with Crippen LogP contribution in [-0.2, 0) is 20.6 Å². The van der Waals surface area contributed by atoms with Crippen LogP contribution in [0.25, 0.3) is 10.9 Å². The van der Waals surface area contributed by atoms with Crippen molar-refractivity contribution in [3.05, 3.63) is 75.0 Å². The molecule has 3 heterocycles. The molecule has 0 unspecified atom stereocenters. The predicted octanol–water partition coefficient (Wildman–Crippen LogP) is 2.69. The number of para-hydroxylation sites is 1. The first-order valence-electron chi connectivity index (χ1n) is 10.7. The van der Waals surface area contributed by atoms with Crippen LogP contribution in [0.4, 0.5) is 0 Å². The second-order valence-electron chi connectivity index (χ2n) is 8.21. The number of benzene rings is 1. The molecule has 0 fully saturated rings. The molecule has 8 nitrogen and oxygen atoms in total. The fourth-order valence-electron chi connectivity index (χ4n) is 4.06. The average Bonchev–Trinajstić information content (AvgIpc) is 3.09. The molecule has 0 saturated heterocycles. The van der Waals surface area contributed by atoms with E-state index in [1.807, 2.05) is 42.8 Å². The second kappa shape index (κ2) is 9.29. The minimum absolute atomic E-state index is 0.0820. The summed E-state index contributed by atoms with van der Waals surface area (Å²) in [6.45, 7) is 3.71. The molecule has 4 N–H and O–H groups in total. The molecule has 0 spiro atoms. The summed E-state index contributed by atoms with van der Waals surface area (Å²) < 4.78 is 5.67. The number of pyridine rings is 1. The number of carbonyl (C=O) groups excluding carboxylic acids is 1.